The molecule has 2 rings (SSSR count). The minimum atomic E-state index is 0.487. The largest absolute Gasteiger partial charge is 0.487 e. The van der Waals surface area contributed by atoms with E-state index in [1.54, 1.807) is 0 Å². The molecule has 0 aliphatic rings. The van der Waals surface area contributed by atoms with Crippen LogP contribution >= 0.6 is 15.9 Å². The van der Waals surface area contributed by atoms with Crippen LogP contribution in [0.4, 0.5) is 0 Å². The Balaban J connectivity index is 2.20. The first kappa shape index (κ1) is 15.0. The van der Waals surface area contributed by atoms with Gasteiger partial charge in [-0.05, 0) is 50.7 Å². The molecule has 1 aromatic heterocycles. The Hall–Kier alpha value is -1.39. The van der Waals surface area contributed by atoms with Crippen molar-refractivity contribution in [2.24, 2.45) is 0 Å². The highest BCUT2D eigenvalue weighted by Crippen LogP contribution is 2.28. The van der Waals surface area contributed by atoms with Gasteiger partial charge in [0.1, 0.15) is 12.4 Å². The third-order valence-electron chi connectivity index (χ3n) is 2.99. The van der Waals surface area contributed by atoms with Crippen LogP contribution in [0.15, 0.2) is 34.8 Å². The maximum atomic E-state index is 5.99. The maximum absolute atomic E-state index is 5.99. The molecule has 0 saturated heterocycles. The van der Waals surface area contributed by atoms with Gasteiger partial charge in [-0.15, -0.1) is 0 Å². The number of nitrogens with zero attached hydrogens (tertiary/aromatic N) is 1. The summed E-state index contributed by atoms with van der Waals surface area (Å²) in [6, 6.07) is 10.1. The molecule has 3 nitrogen and oxygen atoms in total. The highest BCUT2D eigenvalue weighted by atomic mass is 79.9. The summed E-state index contributed by atoms with van der Waals surface area (Å²) in [5, 5.41) is 3.17. The standard InChI is InChI=1S/C16H19BrN2O/c1-11-7-14(17)8-13(9-18-3)16(11)20-10-15-6-4-5-12(2)19-15/h4-8,18H,9-10H2,1-3H3. The lowest BCUT2D eigenvalue weighted by Gasteiger charge is -2.15. The van der Waals surface area contributed by atoms with Crippen molar-refractivity contribution in [3.8, 4) is 5.75 Å². The molecule has 0 fully saturated rings. The van der Waals surface area contributed by atoms with Crippen molar-refractivity contribution >= 4 is 15.9 Å². The number of rotatable bonds is 5. The number of pyridine rings is 1. The molecule has 0 amide bonds. The SMILES string of the molecule is CNCc1cc(Br)cc(C)c1OCc1cccc(C)n1. The van der Waals surface area contributed by atoms with E-state index in [1.807, 2.05) is 32.2 Å². The first-order valence-corrected chi connectivity index (χ1v) is 7.38. The van der Waals surface area contributed by atoms with Gasteiger partial charge in [0.15, 0.2) is 0 Å². The zero-order chi connectivity index (χ0) is 14.5. The average Bonchev–Trinajstić information content (AvgIpc) is 2.38. The van der Waals surface area contributed by atoms with Crippen LogP contribution < -0.4 is 10.1 Å². The molecule has 20 heavy (non-hydrogen) atoms. The number of benzene rings is 1. The van der Waals surface area contributed by atoms with Crippen LogP contribution in [0.2, 0.25) is 0 Å². The van der Waals surface area contributed by atoms with Crippen LogP contribution in [0.25, 0.3) is 0 Å². The Morgan fingerprint density at radius 2 is 2.05 bits per heavy atom. The van der Waals surface area contributed by atoms with Crippen molar-refractivity contribution in [2.45, 2.75) is 27.0 Å². The van der Waals surface area contributed by atoms with Crippen molar-refractivity contribution < 1.29 is 4.74 Å². The fourth-order valence-electron chi connectivity index (χ4n) is 2.15. The van der Waals surface area contributed by atoms with Crippen LogP contribution in [0.3, 0.4) is 0 Å². The molecule has 0 unspecified atom stereocenters. The van der Waals surface area contributed by atoms with Crippen LogP contribution in [0.5, 0.6) is 5.75 Å². The Bertz CT molecular complexity index is 599. The molecule has 0 radical (unpaired) electrons. The van der Waals surface area contributed by atoms with E-state index < -0.39 is 0 Å². The number of hydrogen-bond acceptors (Lipinski definition) is 3. The van der Waals surface area contributed by atoms with Crippen LogP contribution in [0, 0.1) is 13.8 Å². The Morgan fingerprint density at radius 3 is 2.75 bits per heavy atom. The zero-order valence-electron chi connectivity index (χ0n) is 12.0. The number of ether oxygens (including phenoxy) is 1. The fourth-order valence-corrected chi connectivity index (χ4v) is 2.77. The molecular formula is C16H19BrN2O. The summed E-state index contributed by atoms with van der Waals surface area (Å²) in [5.74, 6) is 0.936. The van der Waals surface area contributed by atoms with Crippen molar-refractivity contribution in [1.29, 1.82) is 0 Å². The van der Waals surface area contributed by atoms with Crippen molar-refractivity contribution in [3.05, 3.63) is 57.3 Å². The number of halogens is 1. The van der Waals surface area contributed by atoms with Crippen LogP contribution in [-0.2, 0) is 13.2 Å². The molecule has 106 valence electrons. The van der Waals surface area contributed by atoms with E-state index in [1.165, 1.54) is 0 Å². The third kappa shape index (κ3) is 3.81. The predicted molar refractivity (Wildman–Crippen MR) is 84.9 cm³/mol. The van der Waals surface area contributed by atoms with Crippen LogP contribution in [-0.4, -0.2) is 12.0 Å². The van der Waals surface area contributed by atoms with Gasteiger partial charge in [-0.1, -0.05) is 22.0 Å². The highest BCUT2D eigenvalue weighted by molar-refractivity contribution is 9.10. The van der Waals surface area contributed by atoms with Gasteiger partial charge in [0, 0.05) is 22.3 Å². The molecule has 0 saturated carbocycles. The van der Waals surface area contributed by atoms with Crippen molar-refractivity contribution in [2.75, 3.05) is 7.05 Å². The number of aromatic nitrogens is 1. The predicted octanol–water partition coefficient (Wildman–Crippen LogP) is 3.76. The molecule has 0 aliphatic heterocycles. The quantitative estimate of drug-likeness (QED) is 0.903. The first-order valence-electron chi connectivity index (χ1n) is 6.59. The second-order valence-corrected chi connectivity index (χ2v) is 5.72. The lowest BCUT2D eigenvalue weighted by Crippen LogP contribution is -2.09. The van der Waals surface area contributed by atoms with Gasteiger partial charge in [-0.25, -0.2) is 0 Å². The van der Waals surface area contributed by atoms with E-state index in [0.29, 0.717) is 6.61 Å². The van der Waals surface area contributed by atoms with Gasteiger partial charge < -0.3 is 10.1 Å². The number of nitrogens with one attached hydrogen (secondary N) is 1. The fraction of sp³-hybridized carbons (Fsp3) is 0.312. The van der Waals surface area contributed by atoms with E-state index >= 15 is 0 Å². The molecular weight excluding hydrogens is 316 g/mol. The molecule has 0 aliphatic carbocycles. The summed E-state index contributed by atoms with van der Waals surface area (Å²) in [7, 11) is 1.93. The highest BCUT2D eigenvalue weighted by Gasteiger charge is 2.09. The number of hydrogen-bond donors (Lipinski definition) is 1. The molecule has 1 aromatic carbocycles. The van der Waals surface area contributed by atoms with Gasteiger partial charge in [-0.2, -0.15) is 0 Å². The average molecular weight is 335 g/mol. The van der Waals surface area contributed by atoms with Crippen molar-refractivity contribution in [1.82, 2.24) is 10.3 Å². The Labute approximate surface area is 128 Å². The van der Waals surface area contributed by atoms with Crippen LogP contribution in [0.1, 0.15) is 22.5 Å². The molecule has 1 N–H and O–H groups in total. The smallest absolute Gasteiger partial charge is 0.130 e. The maximum Gasteiger partial charge on any atom is 0.130 e. The Morgan fingerprint density at radius 1 is 1.25 bits per heavy atom. The normalized spacial score (nSPS) is 10.6. The van der Waals surface area contributed by atoms with E-state index in [2.05, 4.69) is 45.3 Å². The second-order valence-electron chi connectivity index (χ2n) is 4.80. The second kappa shape index (κ2) is 6.86. The van der Waals surface area contributed by atoms with E-state index in [0.717, 1.165) is 39.3 Å². The molecule has 0 atom stereocenters. The summed E-state index contributed by atoms with van der Waals surface area (Å²) in [6.45, 7) is 5.31. The summed E-state index contributed by atoms with van der Waals surface area (Å²) in [6.07, 6.45) is 0. The van der Waals surface area contributed by atoms with E-state index in [9.17, 15) is 0 Å². The van der Waals surface area contributed by atoms with Gasteiger partial charge in [0.25, 0.3) is 0 Å². The zero-order valence-corrected chi connectivity index (χ0v) is 13.6. The van der Waals surface area contributed by atoms with Gasteiger partial charge >= 0.3 is 0 Å². The monoisotopic (exact) mass is 334 g/mol. The molecule has 0 spiro atoms. The summed E-state index contributed by atoms with van der Waals surface area (Å²) in [4.78, 5) is 4.46. The minimum absolute atomic E-state index is 0.487. The first-order chi connectivity index (χ1) is 9.60. The Kier molecular flexibility index (Phi) is 5.15. The lowest BCUT2D eigenvalue weighted by atomic mass is 10.1. The van der Waals surface area contributed by atoms with E-state index in [4.69, 9.17) is 4.74 Å². The molecule has 4 heteroatoms. The van der Waals surface area contributed by atoms with E-state index in [-0.39, 0.29) is 0 Å². The van der Waals surface area contributed by atoms with Gasteiger partial charge in [0.05, 0.1) is 5.69 Å². The van der Waals surface area contributed by atoms with Gasteiger partial charge in [0.2, 0.25) is 0 Å². The summed E-state index contributed by atoms with van der Waals surface area (Å²) >= 11 is 3.53. The molecule has 2 aromatic rings. The molecule has 1 heterocycles. The summed E-state index contributed by atoms with van der Waals surface area (Å²) < 4.78 is 7.06. The summed E-state index contributed by atoms with van der Waals surface area (Å²) in [5.41, 5.74) is 4.22. The molecule has 0 bridgehead atoms. The lowest BCUT2D eigenvalue weighted by molar-refractivity contribution is 0.295. The third-order valence-corrected chi connectivity index (χ3v) is 3.45. The number of aryl methyl sites for hydroxylation is 2. The topological polar surface area (TPSA) is 34.1 Å². The minimum Gasteiger partial charge on any atom is -0.487 e. The van der Waals surface area contributed by atoms with Crippen molar-refractivity contribution in [3.63, 3.8) is 0 Å². The van der Waals surface area contributed by atoms with Gasteiger partial charge in [-0.3, -0.25) is 4.98 Å².